The lowest BCUT2D eigenvalue weighted by molar-refractivity contribution is -0.139. The third-order valence-corrected chi connectivity index (χ3v) is 7.20. The SMILES string of the molecule is CN1CC[C@H](Nc2cccc3c2cc(-c2noc(CNC(=O)c4ccn(C(C)(C)C)c4)n2)n3CC(F)(F)F)[C@H](F)C1. The van der Waals surface area contributed by atoms with Crippen LogP contribution >= 0.6 is 0 Å². The molecule has 2 N–H and O–H groups in total. The van der Waals surface area contributed by atoms with E-state index in [1.807, 2.05) is 43.5 Å². The lowest BCUT2D eigenvalue weighted by Crippen LogP contribution is -2.46. The number of halogens is 4. The highest BCUT2D eigenvalue weighted by atomic mass is 19.4. The molecule has 2 atom stereocenters. The normalized spacial score (nSPS) is 18.6. The van der Waals surface area contributed by atoms with Gasteiger partial charge < -0.3 is 29.2 Å². The number of likely N-dealkylation sites (tertiary alicyclic amines) is 1. The van der Waals surface area contributed by atoms with Crippen LogP contribution in [0.2, 0.25) is 0 Å². The summed E-state index contributed by atoms with van der Waals surface area (Å²) in [5, 5.41) is 10.3. The van der Waals surface area contributed by atoms with Gasteiger partial charge in [-0.25, -0.2) is 4.39 Å². The van der Waals surface area contributed by atoms with E-state index in [0.717, 1.165) is 4.57 Å². The summed E-state index contributed by atoms with van der Waals surface area (Å²) in [5.74, 6) is -0.366. The van der Waals surface area contributed by atoms with Crippen molar-refractivity contribution in [3.8, 4) is 11.5 Å². The molecule has 1 saturated heterocycles. The number of rotatable bonds is 7. The smallest absolute Gasteiger partial charge is 0.379 e. The van der Waals surface area contributed by atoms with Gasteiger partial charge in [0.25, 0.3) is 5.91 Å². The standard InChI is InChI=1S/C28H33F4N7O2/c1-27(2,3)38-11-8-17(14-38)26(40)33-13-24-35-25(36-41-24)23-12-18-20(34-21-9-10-37(4)15-19(21)29)6-5-7-22(18)39(23)16-28(30,31)32/h5-8,11-12,14,19,21,34H,9-10,13,15-16H2,1-4H3,(H,33,40)/t19-,21+/m1/s1. The molecule has 4 heterocycles. The molecule has 1 aliphatic rings. The first-order valence-electron chi connectivity index (χ1n) is 13.4. The van der Waals surface area contributed by atoms with Gasteiger partial charge in [0.2, 0.25) is 11.7 Å². The maximum atomic E-state index is 14.7. The molecule has 0 bridgehead atoms. The maximum Gasteiger partial charge on any atom is 0.406 e. The van der Waals surface area contributed by atoms with Crippen molar-refractivity contribution in [3.63, 3.8) is 0 Å². The van der Waals surface area contributed by atoms with Crippen LogP contribution in [-0.2, 0) is 18.6 Å². The number of carbonyl (C=O) groups excluding carboxylic acids is 1. The Hall–Kier alpha value is -3.87. The summed E-state index contributed by atoms with van der Waals surface area (Å²) in [5.41, 5.74) is 1.18. The fourth-order valence-electron chi connectivity index (χ4n) is 5.00. The third-order valence-electron chi connectivity index (χ3n) is 7.20. The van der Waals surface area contributed by atoms with Gasteiger partial charge in [-0.05, 0) is 58.5 Å². The predicted molar refractivity (Wildman–Crippen MR) is 146 cm³/mol. The van der Waals surface area contributed by atoms with E-state index in [9.17, 15) is 22.4 Å². The number of nitrogens with one attached hydrogen (secondary N) is 2. The minimum atomic E-state index is -4.52. The Morgan fingerprint density at radius 1 is 1.20 bits per heavy atom. The summed E-state index contributed by atoms with van der Waals surface area (Å²) >= 11 is 0. The Balaban J connectivity index is 1.40. The van der Waals surface area contributed by atoms with Crippen LogP contribution in [0.1, 0.15) is 43.4 Å². The topological polar surface area (TPSA) is 93.2 Å². The average molecular weight is 576 g/mol. The average Bonchev–Trinajstić information content (AvgIpc) is 3.63. The lowest BCUT2D eigenvalue weighted by Gasteiger charge is -2.33. The molecule has 0 aliphatic carbocycles. The molecule has 1 amide bonds. The summed E-state index contributed by atoms with van der Waals surface area (Å²) in [6, 6.07) is 7.70. The summed E-state index contributed by atoms with van der Waals surface area (Å²) in [7, 11) is 1.85. The highest BCUT2D eigenvalue weighted by Gasteiger charge is 2.32. The summed E-state index contributed by atoms with van der Waals surface area (Å²) in [6.07, 6.45) is -1.55. The molecule has 0 saturated carbocycles. The molecule has 3 aromatic heterocycles. The highest BCUT2D eigenvalue weighted by Crippen LogP contribution is 2.35. The number of benzene rings is 1. The first-order valence-corrected chi connectivity index (χ1v) is 13.4. The van der Waals surface area contributed by atoms with E-state index in [0.29, 0.717) is 35.1 Å². The van der Waals surface area contributed by atoms with Crippen molar-refractivity contribution in [2.24, 2.45) is 0 Å². The van der Waals surface area contributed by atoms with E-state index in [4.69, 9.17) is 4.52 Å². The number of nitrogens with zero attached hydrogens (tertiary/aromatic N) is 5. The number of fused-ring (bicyclic) bond motifs is 1. The Kier molecular flexibility index (Phi) is 7.58. The molecule has 0 spiro atoms. The Morgan fingerprint density at radius 3 is 2.66 bits per heavy atom. The van der Waals surface area contributed by atoms with Crippen LogP contribution in [0.5, 0.6) is 0 Å². The van der Waals surface area contributed by atoms with E-state index in [-0.39, 0.29) is 41.9 Å². The number of amides is 1. The minimum Gasteiger partial charge on any atom is -0.379 e. The number of alkyl halides is 4. The monoisotopic (exact) mass is 575 g/mol. The van der Waals surface area contributed by atoms with E-state index < -0.39 is 24.9 Å². The lowest BCUT2D eigenvalue weighted by atomic mass is 10.0. The zero-order valence-corrected chi connectivity index (χ0v) is 23.3. The van der Waals surface area contributed by atoms with E-state index in [2.05, 4.69) is 20.8 Å². The Labute approximate surface area is 234 Å². The fourth-order valence-corrected chi connectivity index (χ4v) is 5.00. The number of carbonyl (C=O) groups is 1. The number of aromatic nitrogens is 4. The summed E-state index contributed by atoms with van der Waals surface area (Å²) < 4.78 is 63.9. The van der Waals surface area contributed by atoms with Gasteiger partial charge >= 0.3 is 6.18 Å². The van der Waals surface area contributed by atoms with Crippen LogP contribution in [0.15, 0.2) is 47.2 Å². The highest BCUT2D eigenvalue weighted by molar-refractivity contribution is 5.96. The second kappa shape index (κ2) is 10.8. The van der Waals surface area contributed by atoms with Gasteiger partial charge in [-0.3, -0.25) is 4.79 Å². The van der Waals surface area contributed by atoms with Crippen LogP contribution in [0.3, 0.4) is 0 Å². The van der Waals surface area contributed by atoms with Crippen LogP contribution in [0.4, 0.5) is 23.2 Å². The molecule has 0 unspecified atom stereocenters. The van der Waals surface area contributed by atoms with Crippen LogP contribution in [0, 0.1) is 0 Å². The first kappa shape index (κ1) is 28.7. The van der Waals surface area contributed by atoms with Gasteiger partial charge in [-0.1, -0.05) is 11.2 Å². The van der Waals surface area contributed by atoms with Gasteiger partial charge in [0.15, 0.2) is 0 Å². The molecule has 9 nitrogen and oxygen atoms in total. The van der Waals surface area contributed by atoms with Crippen molar-refractivity contribution in [2.75, 3.05) is 25.5 Å². The van der Waals surface area contributed by atoms with E-state index >= 15 is 0 Å². The molecular weight excluding hydrogens is 542 g/mol. The third kappa shape index (κ3) is 6.39. The molecule has 4 aromatic rings. The second-order valence-corrected chi connectivity index (χ2v) is 11.5. The van der Waals surface area contributed by atoms with E-state index in [1.165, 1.54) is 0 Å². The first-order chi connectivity index (χ1) is 19.3. The predicted octanol–water partition coefficient (Wildman–Crippen LogP) is 5.19. The molecule has 13 heteroatoms. The van der Waals surface area contributed by atoms with E-state index in [1.54, 1.807) is 36.5 Å². The minimum absolute atomic E-state index is 0.0392. The molecule has 1 aromatic carbocycles. The Morgan fingerprint density at radius 2 is 1.98 bits per heavy atom. The Bertz CT molecular complexity index is 1530. The van der Waals surface area contributed by atoms with Gasteiger partial charge in [0, 0.05) is 42.1 Å². The summed E-state index contributed by atoms with van der Waals surface area (Å²) in [4.78, 5) is 18.8. The van der Waals surface area contributed by atoms with Crippen LogP contribution in [0.25, 0.3) is 22.4 Å². The van der Waals surface area contributed by atoms with Gasteiger partial charge in [-0.15, -0.1) is 0 Å². The fraction of sp³-hybridized carbons (Fsp3) is 0.464. The molecule has 1 fully saturated rings. The zero-order valence-electron chi connectivity index (χ0n) is 23.3. The van der Waals surface area contributed by atoms with Gasteiger partial charge in [0.1, 0.15) is 12.7 Å². The quantitative estimate of drug-likeness (QED) is 0.295. The number of piperidine rings is 1. The number of anilines is 1. The number of hydrogen-bond acceptors (Lipinski definition) is 6. The van der Waals surface area contributed by atoms with Crippen molar-refractivity contribution in [2.45, 2.75) is 64.2 Å². The molecule has 220 valence electrons. The largest absolute Gasteiger partial charge is 0.406 e. The summed E-state index contributed by atoms with van der Waals surface area (Å²) in [6.45, 7) is 5.64. The van der Waals surface area contributed by atoms with Gasteiger partial charge in [0.05, 0.1) is 29.4 Å². The molecule has 1 aliphatic heterocycles. The van der Waals surface area contributed by atoms with Crippen LogP contribution in [-0.4, -0.2) is 68.6 Å². The molecule has 0 radical (unpaired) electrons. The van der Waals surface area contributed by atoms with Crippen LogP contribution < -0.4 is 10.6 Å². The molecular formula is C28H33F4N7O2. The molecule has 41 heavy (non-hydrogen) atoms. The van der Waals surface area contributed by atoms with Gasteiger partial charge in [-0.2, -0.15) is 18.2 Å². The zero-order chi connectivity index (χ0) is 29.5. The second-order valence-electron chi connectivity index (χ2n) is 11.5. The van der Waals surface area contributed by atoms with Crippen molar-refractivity contribution in [3.05, 3.63) is 54.2 Å². The van der Waals surface area contributed by atoms with Crippen molar-refractivity contribution in [1.29, 1.82) is 0 Å². The maximum absolute atomic E-state index is 14.7. The molecule has 5 rings (SSSR count). The van der Waals surface area contributed by atoms with Crippen molar-refractivity contribution >= 4 is 22.5 Å². The van der Waals surface area contributed by atoms with Crippen molar-refractivity contribution < 1.29 is 26.9 Å². The van der Waals surface area contributed by atoms with Crippen molar-refractivity contribution in [1.82, 2.24) is 29.5 Å². The number of hydrogen-bond donors (Lipinski definition) is 2.